The summed E-state index contributed by atoms with van der Waals surface area (Å²) in [6.07, 6.45) is 2.60. The highest BCUT2D eigenvalue weighted by Crippen LogP contribution is 2.45. The number of rotatable bonds is 12. The van der Waals surface area contributed by atoms with Gasteiger partial charge in [-0.2, -0.15) is 0 Å². The van der Waals surface area contributed by atoms with Crippen molar-refractivity contribution in [1.82, 2.24) is 9.97 Å². The van der Waals surface area contributed by atoms with E-state index in [2.05, 4.69) is 122 Å². The van der Waals surface area contributed by atoms with Gasteiger partial charge in [-0.05, 0) is 50.8 Å². The zero-order valence-corrected chi connectivity index (χ0v) is 33.4. The number of hydrogen-bond acceptors (Lipinski definition) is 7. The summed E-state index contributed by atoms with van der Waals surface area (Å²) in [5, 5.41) is 8.68. The SMILES string of the molecule is COc1ccc(CNc2ncnc3c2C[N+]2(CCCO[Si](c4ccccc4)(c4ccccc4)C(C)(C)C)Cc4cc(OC)ccc4CN32)cc1.[I-]. The summed E-state index contributed by atoms with van der Waals surface area (Å²) in [7, 11) is 0.791. The first-order valence-electron chi connectivity index (χ1n) is 17.5. The van der Waals surface area contributed by atoms with Crippen molar-refractivity contribution in [1.29, 1.82) is 0 Å². The van der Waals surface area contributed by atoms with E-state index in [0.717, 1.165) is 71.5 Å². The third-order valence-electron chi connectivity index (χ3n) is 10.4. The number of nitrogens with zero attached hydrogens (tertiary/aromatic N) is 4. The Bertz CT molecular complexity index is 1880. The fourth-order valence-electron chi connectivity index (χ4n) is 7.93. The monoisotopic (exact) mass is 813 g/mol. The fraction of sp³-hybridized carbons (Fsp3) is 0.317. The molecule has 7 rings (SSSR count). The van der Waals surface area contributed by atoms with Gasteiger partial charge in [-0.1, -0.05) is 99.6 Å². The Morgan fingerprint density at radius 3 is 2.06 bits per heavy atom. The van der Waals surface area contributed by atoms with Crippen LogP contribution in [0.1, 0.15) is 49.4 Å². The predicted molar refractivity (Wildman–Crippen MR) is 202 cm³/mol. The van der Waals surface area contributed by atoms with Crippen molar-refractivity contribution in [2.24, 2.45) is 0 Å². The highest BCUT2D eigenvalue weighted by molar-refractivity contribution is 6.99. The summed E-state index contributed by atoms with van der Waals surface area (Å²) in [6.45, 7) is 11.7. The van der Waals surface area contributed by atoms with Crippen LogP contribution in [-0.2, 0) is 30.6 Å². The van der Waals surface area contributed by atoms with E-state index in [-0.39, 0.29) is 29.0 Å². The van der Waals surface area contributed by atoms with Gasteiger partial charge in [-0.3, -0.25) is 0 Å². The zero-order chi connectivity index (χ0) is 34.8. The lowest BCUT2D eigenvalue weighted by atomic mass is 10.0. The van der Waals surface area contributed by atoms with Gasteiger partial charge >= 0.3 is 0 Å². The Morgan fingerprint density at radius 1 is 0.784 bits per heavy atom. The smallest absolute Gasteiger partial charge is 0.261 e. The molecular weight excluding hydrogens is 765 g/mol. The Hall–Kier alpha value is -3.97. The molecule has 1 aromatic heterocycles. The Labute approximate surface area is 320 Å². The molecule has 8 nitrogen and oxygen atoms in total. The molecule has 2 aliphatic rings. The van der Waals surface area contributed by atoms with E-state index in [1.807, 2.05) is 12.1 Å². The largest absolute Gasteiger partial charge is 1.00 e. The van der Waals surface area contributed by atoms with Crippen LogP contribution in [0.4, 0.5) is 11.6 Å². The van der Waals surface area contributed by atoms with Crippen LogP contribution >= 0.6 is 0 Å². The molecule has 0 aliphatic carbocycles. The average molecular weight is 814 g/mol. The predicted octanol–water partition coefficient (Wildman–Crippen LogP) is 3.84. The van der Waals surface area contributed by atoms with Crippen molar-refractivity contribution < 1.29 is 42.5 Å². The number of halogens is 1. The summed E-state index contributed by atoms with van der Waals surface area (Å²) in [4.78, 5) is 9.67. The minimum atomic E-state index is -2.64. The van der Waals surface area contributed by atoms with Gasteiger partial charge in [0.1, 0.15) is 43.3 Å². The van der Waals surface area contributed by atoms with Gasteiger partial charge in [0.25, 0.3) is 8.32 Å². The molecule has 1 atom stereocenters. The molecular formula is C41H48IN5O3Si. The third-order valence-corrected chi connectivity index (χ3v) is 15.4. The molecule has 0 amide bonds. The maximum atomic E-state index is 7.35. The summed E-state index contributed by atoms with van der Waals surface area (Å²) in [6, 6.07) is 36.5. The van der Waals surface area contributed by atoms with Crippen LogP contribution in [0.25, 0.3) is 0 Å². The van der Waals surface area contributed by atoms with Gasteiger partial charge in [0.2, 0.25) is 0 Å². The molecule has 4 aromatic carbocycles. The second-order valence-electron chi connectivity index (χ2n) is 14.4. The van der Waals surface area contributed by atoms with E-state index >= 15 is 0 Å². The second-order valence-corrected chi connectivity index (χ2v) is 18.7. The number of ether oxygens (including phenoxy) is 2. The zero-order valence-electron chi connectivity index (χ0n) is 30.2. The van der Waals surface area contributed by atoms with Crippen LogP contribution in [-0.4, -0.2) is 50.2 Å². The third kappa shape index (κ3) is 7.11. The van der Waals surface area contributed by atoms with Gasteiger partial charge in [0, 0.05) is 25.1 Å². The number of nitrogens with one attached hydrogen (secondary N) is 1. The van der Waals surface area contributed by atoms with Crippen LogP contribution in [0, 0.1) is 0 Å². The van der Waals surface area contributed by atoms with E-state index < -0.39 is 8.32 Å². The van der Waals surface area contributed by atoms with E-state index in [1.54, 1.807) is 20.5 Å². The maximum Gasteiger partial charge on any atom is 0.261 e. The van der Waals surface area contributed by atoms with Crippen molar-refractivity contribution in [3.05, 3.63) is 132 Å². The molecule has 266 valence electrons. The maximum absolute atomic E-state index is 7.35. The fourth-order valence-corrected chi connectivity index (χ4v) is 12.5. The molecule has 0 spiro atoms. The summed E-state index contributed by atoms with van der Waals surface area (Å²) >= 11 is 0. The molecule has 1 unspecified atom stereocenters. The Kier molecular flexibility index (Phi) is 11.1. The molecule has 0 radical (unpaired) electrons. The van der Waals surface area contributed by atoms with Crippen LogP contribution in [0.5, 0.6) is 11.5 Å². The lowest BCUT2D eigenvalue weighted by Crippen LogP contribution is -3.00. The summed E-state index contributed by atoms with van der Waals surface area (Å²) < 4.78 is 19.1. The Morgan fingerprint density at radius 2 is 1.43 bits per heavy atom. The molecule has 10 heteroatoms. The number of quaternary nitrogens is 1. The van der Waals surface area contributed by atoms with Crippen molar-refractivity contribution in [3.8, 4) is 11.5 Å². The minimum absolute atomic E-state index is 0. The molecule has 0 fully saturated rings. The average Bonchev–Trinajstić information content (AvgIpc) is 3.47. The van der Waals surface area contributed by atoms with Crippen LogP contribution in [0.15, 0.2) is 109 Å². The van der Waals surface area contributed by atoms with Gasteiger partial charge in [0.05, 0.1) is 26.3 Å². The van der Waals surface area contributed by atoms with Gasteiger partial charge < -0.3 is 43.2 Å². The van der Waals surface area contributed by atoms with Crippen molar-refractivity contribution in [3.63, 3.8) is 0 Å². The number of anilines is 2. The van der Waals surface area contributed by atoms with E-state index in [1.165, 1.54) is 21.5 Å². The minimum Gasteiger partial charge on any atom is -1.00 e. The first-order valence-corrected chi connectivity index (χ1v) is 19.4. The van der Waals surface area contributed by atoms with Gasteiger partial charge in [0.15, 0.2) is 5.82 Å². The van der Waals surface area contributed by atoms with Crippen molar-refractivity contribution in [2.45, 2.75) is 58.4 Å². The van der Waals surface area contributed by atoms with E-state index in [9.17, 15) is 0 Å². The molecule has 1 N–H and O–H groups in total. The van der Waals surface area contributed by atoms with Crippen LogP contribution in [0.3, 0.4) is 0 Å². The first-order chi connectivity index (χ1) is 24.3. The standard InChI is InChI=1S/C41H48N5O3Si.HI/c1-41(2,3)50(36-13-8-6-9-14-36,37-15-10-7-11-16-37)49-24-12-23-46-28-33-25-35(48-5)22-19-32(33)27-45(46)40-38(29-46)39(43-30-44-40)42-26-31-17-20-34(47-4)21-18-31;/h6-11,13-22,25,30H,12,23-24,26-29H2,1-5H3,(H,42,43,44);1H/q+1;/p-1. The number of benzene rings is 4. The molecule has 0 saturated carbocycles. The van der Waals surface area contributed by atoms with Crippen LogP contribution in [0.2, 0.25) is 5.04 Å². The summed E-state index contributed by atoms with van der Waals surface area (Å²) in [5.41, 5.74) is 4.95. The Balaban J connectivity index is 0.00000448. The topological polar surface area (TPSA) is 68.7 Å². The molecule has 0 saturated heterocycles. The second kappa shape index (κ2) is 15.3. The van der Waals surface area contributed by atoms with E-state index in [0.29, 0.717) is 13.2 Å². The van der Waals surface area contributed by atoms with Crippen molar-refractivity contribution >= 4 is 30.3 Å². The van der Waals surface area contributed by atoms with Crippen LogP contribution < -0.4 is 54.1 Å². The number of methoxy groups -OCH3 is 2. The molecule has 2 aliphatic heterocycles. The highest BCUT2D eigenvalue weighted by atomic mass is 127. The number of fused-ring (bicyclic) bond motifs is 4. The van der Waals surface area contributed by atoms with Crippen molar-refractivity contribution in [2.75, 3.05) is 37.7 Å². The number of hydrogen-bond donors (Lipinski definition) is 1. The first kappa shape index (κ1) is 36.8. The summed E-state index contributed by atoms with van der Waals surface area (Å²) in [5.74, 6) is 3.64. The molecule has 51 heavy (non-hydrogen) atoms. The van der Waals surface area contributed by atoms with E-state index in [4.69, 9.17) is 23.9 Å². The lowest BCUT2D eigenvalue weighted by Gasteiger charge is -2.46. The number of aromatic nitrogens is 2. The lowest BCUT2D eigenvalue weighted by molar-refractivity contribution is -0.959. The van der Waals surface area contributed by atoms with Gasteiger partial charge in [-0.25, -0.2) is 19.6 Å². The van der Waals surface area contributed by atoms with Gasteiger partial charge in [-0.15, -0.1) is 0 Å². The normalized spacial score (nSPS) is 16.4. The highest BCUT2D eigenvalue weighted by Gasteiger charge is 2.51. The quantitative estimate of drug-likeness (QED) is 0.0890. The molecule has 3 heterocycles. The molecule has 5 aromatic rings. The molecule has 0 bridgehead atoms.